The molecule has 2 heterocycles. The van der Waals surface area contributed by atoms with Gasteiger partial charge in [-0.15, -0.1) is 10.2 Å². The number of benzene rings is 2. The number of halogens is 1. The molecule has 0 fully saturated rings. The highest BCUT2D eigenvalue weighted by Crippen LogP contribution is 2.30. The molecule has 1 aliphatic rings. The maximum absolute atomic E-state index is 12.6. The number of carbonyl (C=O) groups is 2. The van der Waals surface area contributed by atoms with Crippen molar-refractivity contribution in [1.29, 1.82) is 0 Å². The van der Waals surface area contributed by atoms with Crippen LogP contribution in [0, 0.1) is 0 Å². The lowest BCUT2D eigenvalue weighted by Crippen LogP contribution is -2.41. The van der Waals surface area contributed by atoms with Gasteiger partial charge < -0.3 is 19.5 Å². The second kappa shape index (κ2) is 11.0. The summed E-state index contributed by atoms with van der Waals surface area (Å²) in [7, 11) is 3.12. The molecule has 2 amide bonds. The van der Waals surface area contributed by atoms with Gasteiger partial charge in [0.1, 0.15) is 11.8 Å². The highest BCUT2D eigenvalue weighted by molar-refractivity contribution is 6.29. The predicted octanol–water partition coefficient (Wildman–Crippen LogP) is 4.53. The van der Waals surface area contributed by atoms with Gasteiger partial charge in [-0.25, -0.2) is 4.79 Å². The van der Waals surface area contributed by atoms with E-state index in [1.54, 1.807) is 50.6 Å². The van der Waals surface area contributed by atoms with Gasteiger partial charge in [0, 0.05) is 11.3 Å². The molecule has 1 atom stereocenters. The Morgan fingerprint density at radius 2 is 1.81 bits per heavy atom. The average Bonchev–Trinajstić information content (AvgIpc) is 2.90. The fraction of sp³-hybridized carbons (Fsp3) is 0.240. The molecule has 2 aromatic carbocycles. The van der Waals surface area contributed by atoms with E-state index in [4.69, 9.17) is 25.8 Å². The van der Waals surface area contributed by atoms with Gasteiger partial charge in [-0.2, -0.15) is 10.1 Å². The monoisotopic (exact) mass is 509 g/mol. The zero-order valence-electron chi connectivity index (χ0n) is 19.9. The lowest BCUT2D eigenvalue weighted by atomic mass is 10.0. The number of hydrazone groups is 1. The summed E-state index contributed by atoms with van der Waals surface area (Å²) in [5.74, 6) is 0.731. The number of amides is 2. The molecule has 4 rings (SSSR count). The minimum Gasteiger partial charge on any atom is -0.493 e. The molecule has 1 aliphatic heterocycles. The number of carbonyl (C=O) groups excluding carboxylic acids is 2. The molecule has 0 saturated carbocycles. The van der Waals surface area contributed by atoms with E-state index in [-0.39, 0.29) is 17.4 Å². The largest absolute Gasteiger partial charge is 0.493 e. The van der Waals surface area contributed by atoms with Crippen molar-refractivity contribution in [3.63, 3.8) is 0 Å². The van der Waals surface area contributed by atoms with Crippen LogP contribution in [0.5, 0.6) is 11.5 Å². The van der Waals surface area contributed by atoms with Crippen LogP contribution in [0.25, 0.3) is 0 Å². The summed E-state index contributed by atoms with van der Waals surface area (Å²) in [6.07, 6.45) is -0.454. The summed E-state index contributed by atoms with van der Waals surface area (Å²) in [4.78, 5) is 25.0. The molecule has 36 heavy (non-hydrogen) atoms. The number of hydrogen-bond donors (Lipinski definition) is 1. The molecule has 0 radical (unpaired) electrons. The Morgan fingerprint density at radius 1 is 1.06 bits per heavy atom. The number of aromatic nitrogens is 2. The number of methoxy groups -OCH3 is 2. The third kappa shape index (κ3) is 5.55. The van der Waals surface area contributed by atoms with Crippen LogP contribution in [-0.2, 0) is 11.3 Å². The number of anilines is 1. The summed E-state index contributed by atoms with van der Waals surface area (Å²) >= 11 is 5.71. The van der Waals surface area contributed by atoms with E-state index in [2.05, 4.69) is 20.6 Å². The number of rotatable bonds is 8. The maximum atomic E-state index is 12.6. The molecule has 186 valence electrons. The van der Waals surface area contributed by atoms with Gasteiger partial charge in [0.25, 0.3) is 5.91 Å². The van der Waals surface area contributed by atoms with E-state index in [1.165, 1.54) is 17.1 Å². The third-order valence-electron chi connectivity index (χ3n) is 5.45. The first-order valence-corrected chi connectivity index (χ1v) is 11.5. The van der Waals surface area contributed by atoms with Gasteiger partial charge in [-0.05, 0) is 54.4 Å². The fourth-order valence-corrected chi connectivity index (χ4v) is 3.69. The quantitative estimate of drug-likeness (QED) is 0.474. The molecular formula is C25H24ClN5O5. The number of nitrogens with one attached hydrogen (secondary N) is 1. The molecular weight excluding hydrogens is 486 g/mol. The highest BCUT2D eigenvalue weighted by Gasteiger charge is 2.31. The molecule has 11 heteroatoms. The molecule has 1 unspecified atom stereocenters. The standard InChI is InChI=1S/C25H24ClN5O5/c1-4-19-23(16-7-11-20(34-2)21(13-16)35-3)30-31(25(33)36-19)14-15-5-8-17(9-6-15)27-24(32)18-10-12-22(26)29-28-18/h5-13,19H,4,14H2,1-3H3,(H,27,32). The van der Waals surface area contributed by atoms with Crippen molar-refractivity contribution in [3.05, 3.63) is 76.6 Å². The van der Waals surface area contributed by atoms with E-state index in [1.807, 2.05) is 13.0 Å². The number of ether oxygens (including phenoxy) is 3. The maximum Gasteiger partial charge on any atom is 0.431 e. The topological polar surface area (TPSA) is 115 Å². The SMILES string of the molecule is CCC1OC(=O)N(Cc2ccc(NC(=O)c3ccc(Cl)nn3)cc2)N=C1c1ccc(OC)c(OC)c1. The van der Waals surface area contributed by atoms with Gasteiger partial charge in [0.05, 0.1) is 20.8 Å². The van der Waals surface area contributed by atoms with Crippen molar-refractivity contribution in [1.82, 2.24) is 15.2 Å². The minimum atomic E-state index is -0.537. The fourth-order valence-electron chi connectivity index (χ4n) is 3.59. The summed E-state index contributed by atoms with van der Waals surface area (Å²) in [5.41, 5.74) is 2.87. The van der Waals surface area contributed by atoms with Crippen molar-refractivity contribution in [2.45, 2.75) is 26.0 Å². The van der Waals surface area contributed by atoms with E-state index in [9.17, 15) is 9.59 Å². The summed E-state index contributed by atoms with van der Waals surface area (Å²) in [6.45, 7) is 2.11. The van der Waals surface area contributed by atoms with Crippen molar-refractivity contribution < 1.29 is 23.8 Å². The molecule has 0 saturated heterocycles. The Balaban J connectivity index is 1.51. The number of hydrogen-bond acceptors (Lipinski definition) is 8. The smallest absolute Gasteiger partial charge is 0.431 e. The number of nitrogens with zero attached hydrogens (tertiary/aromatic N) is 4. The Bertz CT molecular complexity index is 1280. The summed E-state index contributed by atoms with van der Waals surface area (Å²) < 4.78 is 16.4. The molecule has 0 aliphatic carbocycles. The van der Waals surface area contributed by atoms with Crippen LogP contribution in [0.4, 0.5) is 10.5 Å². The van der Waals surface area contributed by atoms with Crippen LogP contribution in [0.2, 0.25) is 5.15 Å². The first kappa shape index (κ1) is 24.9. The zero-order chi connectivity index (χ0) is 25.7. The van der Waals surface area contributed by atoms with Crippen molar-refractivity contribution in [3.8, 4) is 11.5 Å². The molecule has 0 bridgehead atoms. The van der Waals surface area contributed by atoms with Crippen molar-refractivity contribution in [2.75, 3.05) is 19.5 Å². The van der Waals surface area contributed by atoms with Crippen molar-refractivity contribution >= 4 is 35.0 Å². The zero-order valence-corrected chi connectivity index (χ0v) is 20.7. The minimum absolute atomic E-state index is 0.141. The molecule has 1 aromatic heterocycles. The van der Waals surface area contributed by atoms with Gasteiger partial charge in [-0.3, -0.25) is 4.79 Å². The molecule has 1 N–H and O–H groups in total. The molecule has 10 nitrogen and oxygen atoms in total. The van der Waals surface area contributed by atoms with Crippen LogP contribution in [0.15, 0.2) is 59.7 Å². The second-order valence-electron chi connectivity index (χ2n) is 7.79. The van der Waals surface area contributed by atoms with E-state index in [0.717, 1.165) is 11.1 Å². The third-order valence-corrected chi connectivity index (χ3v) is 5.65. The second-order valence-corrected chi connectivity index (χ2v) is 8.17. The van der Waals surface area contributed by atoms with E-state index < -0.39 is 18.1 Å². The van der Waals surface area contributed by atoms with Gasteiger partial charge >= 0.3 is 6.09 Å². The lowest BCUT2D eigenvalue weighted by Gasteiger charge is -2.29. The Labute approximate surface area is 212 Å². The van der Waals surface area contributed by atoms with Gasteiger partial charge in [-0.1, -0.05) is 30.7 Å². The van der Waals surface area contributed by atoms with Crippen LogP contribution >= 0.6 is 11.6 Å². The Morgan fingerprint density at radius 3 is 2.44 bits per heavy atom. The van der Waals surface area contributed by atoms with Crippen LogP contribution < -0.4 is 14.8 Å². The van der Waals surface area contributed by atoms with Crippen molar-refractivity contribution in [2.24, 2.45) is 5.10 Å². The number of cyclic esters (lactones) is 1. The van der Waals surface area contributed by atoms with E-state index >= 15 is 0 Å². The molecule has 0 spiro atoms. The van der Waals surface area contributed by atoms with Crippen LogP contribution in [0.1, 0.15) is 35.0 Å². The van der Waals surface area contributed by atoms with E-state index in [0.29, 0.717) is 29.3 Å². The molecule has 3 aromatic rings. The summed E-state index contributed by atoms with van der Waals surface area (Å²) in [5, 5.41) is 16.3. The van der Waals surface area contributed by atoms with Crippen LogP contribution in [-0.4, -0.2) is 53.2 Å². The Hall–Kier alpha value is -4.18. The highest BCUT2D eigenvalue weighted by atomic mass is 35.5. The predicted molar refractivity (Wildman–Crippen MR) is 134 cm³/mol. The average molecular weight is 510 g/mol. The first-order chi connectivity index (χ1) is 17.4. The van der Waals surface area contributed by atoms with Gasteiger partial charge in [0.15, 0.2) is 22.3 Å². The normalized spacial score (nSPS) is 15.1. The van der Waals surface area contributed by atoms with Crippen LogP contribution in [0.3, 0.4) is 0 Å². The van der Waals surface area contributed by atoms with Gasteiger partial charge in [0.2, 0.25) is 0 Å². The Kier molecular flexibility index (Phi) is 7.65. The lowest BCUT2D eigenvalue weighted by molar-refractivity contribution is 0.0712. The first-order valence-electron chi connectivity index (χ1n) is 11.1. The summed E-state index contributed by atoms with van der Waals surface area (Å²) in [6, 6.07) is 15.4.